The van der Waals surface area contributed by atoms with Gasteiger partial charge in [-0.15, -0.1) is 4.36 Å². The maximum Gasteiger partial charge on any atom is 0.354 e. The molecule has 32 heavy (non-hydrogen) atoms. The van der Waals surface area contributed by atoms with Crippen molar-refractivity contribution >= 4 is 21.6 Å². The maximum absolute atomic E-state index is 13.2. The molecule has 3 N–H and O–H groups in total. The monoisotopic (exact) mass is 454 g/mol. The maximum atomic E-state index is 13.2. The van der Waals surface area contributed by atoms with Crippen molar-refractivity contribution in [3.8, 4) is 0 Å². The molecule has 3 aliphatic rings. The Hall–Kier alpha value is -2.26. The molecule has 1 unspecified atom stereocenters. The van der Waals surface area contributed by atoms with Crippen LogP contribution in [0.15, 0.2) is 39.6 Å². The summed E-state index contributed by atoms with van der Waals surface area (Å²) in [6.45, 7) is 3.88. The number of nitrogens with zero attached hydrogens (tertiary/aromatic N) is 2. The zero-order chi connectivity index (χ0) is 22.1. The first-order valence-electron chi connectivity index (χ1n) is 11.4. The predicted molar refractivity (Wildman–Crippen MR) is 125 cm³/mol. The molecule has 5 rings (SSSR count). The predicted octanol–water partition coefficient (Wildman–Crippen LogP) is 3.43. The van der Waals surface area contributed by atoms with Crippen molar-refractivity contribution in [2.24, 2.45) is 9.50 Å². The Morgan fingerprint density at radius 1 is 1.06 bits per heavy atom. The van der Waals surface area contributed by atoms with Crippen LogP contribution in [0.4, 0.5) is 10.5 Å². The molecular weight excluding hydrogens is 424 g/mol. The van der Waals surface area contributed by atoms with Crippen molar-refractivity contribution in [1.82, 2.24) is 4.90 Å². The topological polar surface area (TPSA) is 97.0 Å². The normalized spacial score (nSPS) is 19.8. The summed E-state index contributed by atoms with van der Waals surface area (Å²) in [5.74, 6) is 0. The molecule has 1 atom stereocenters. The van der Waals surface area contributed by atoms with Crippen LogP contribution < -0.4 is 10.5 Å². The summed E-state index contributed by atoms with van der Waals surface area (Å²) in [7, 11) is -3.35. The Labute approximate surface area is 189 Å². The van der Waals surface area contributed by atoms with Crippen LogP contribution in [0.2, 0.25) is 0 Å². The van der Waals surface area contributed by atoms with Crippen molar-refractivity contribution in [2.75, 3.05) is 31.6 Å². The number of hydrogen-bond acceptors (Lipinski definition) is 4. The second-order valence-electron chi connectivity index (χ2n) is 8.86. The average Bonchev–Trinajstić information content (AvgIpc) is 3.43. The zero-order valence-electron chi connectivity index (χ0n) is 18.3. The minimum absolute atomic E-state index is 0.377. The summed E-state index contributed by atoms with van der Waals surface area (Å²) >= 11 is 0. The Bertz CT molecular complexity index is 1130. The summed E-state index contributed by atoms with van der Waals surface area (Å²) in [4.78, 5) is 15.5. The molecule has 0 aromatic heterocycles. The summed E-state index contributed by atoms with van der Waals surface area (Å²) in [5, 5.41) is 9.05. The van der Waals surface area contributed by atoms with E-state index in [-0.39, 0.29) is 0 Å². The van der Waals surface area contributed by atoms with Gasteiger partial charge in [-0.25, -0.2) is 14.1 Å². The van der Waals surface area contributed by atoms with E-state index >= 15 is 0 Å². The highest BCUT2D eigenvalue weighted by Crippen LogP contribution is 2.38. The lowest BCUT2D eigenvalue weighted by Crippen LogP contribution is -2.35. The van der Waals surface area contributed by atoms with Gasteiger partial charge in [-0.2, -0.15) is 0 Å². The first-order valence-corrected chi connectivity index (χ1v) is 13.0. The van der Waals surface area contributed by atoms with Crippen molar-refractivity contribution in [3.63, 3.8) is 0 Å². The van der Waals surface area contributed by atoms with Crippen LogP contribution in [-0.4, -0.2) is 41.4 Å². The van der Waals surface area contributed by atoms with E-state index in [1.807, 2.05) is 12.1 Å². The molecule has 7 nitrogen and oxygen atoms in total. The molecule has 2 aromatic rings. The fourth-order valence-corrected chi connectivity index (χ4v) is 6.11. The first-order chi connectivity index (χ1) is 15.5. The van der Waals surface area contributed by atoms with E-state index in [0.29, 0.717) is 4.90 Å². The van der Waals surface area contributed by atoms with E-state index in [9.17, 15) is 9.00 Å². The second-order valence-corrected chi connectivity index (χ2v) is 10.7. The number of nitrogens with one attached hydrogen (secondary N) is 1. The number of anilines is 1. The Balaban J connectivity index is 1.38. The molecule has 8 heteroatoms. The lowest BCUT2D eigenvalue weighted by atomic mass is 9.99. The van der Waals surface area contributed by atoms with Gasteiger partial charge in [0.25, 0.3) is 0 Å². The molecular formula is C24H30N4O3S. The molecule has 1 saturated heterocycles. The Morgan fingerprint density at radius 3 is 2.44 bits per heavy atom. The van der Waals surface area contributed by atoms with E-state index in [4.69, 9.17) is 9.88 Å². The summed E-state index contributed by atoms with van der Waals surface area (Å²) in [5.41, 5.74) is 6.96. The fraction of sp³-hybridized carbons (Fsp3) is 0.458. The molecule has 2 aromatic carbocycles. The quantitative estimate of drug-likeness (QED) is 0.740. The zero-order valence-corrected chi connectivity index (χ0v) is 19.1. The third kappa shape index (κ3) is 4.45. The number of hydrogen-bond donors (Lipinski definition) is 2. The number of morpholine rings is 1. The summed E-state index contributed by atoms with van der Waals surface area (Å²) in [6.07, 6.45) is 6.21. The number of aryl methyl sites for hydroxylation is 2. The van der Waals surface area contributed by atoms with Gasteiger partial charge in [-0.3, -0.25) is 4.90 Å². The van der Waals surface area contributed by atoms with Gasteiger partial charge in [0, 0.05) is 25.3 Å². The number of benzene rings is 2. The van der Waals surface area contributed by atoms with Crippen LogP contribution >= 0.6 is 0 Å². The van der Waals surface area contributed by atoms with E-state index in [0.717, 1.165) is 82.6 Å². The Kier molecular flexibility index (Phi) is 6.03. The van der Waals surface area contributed by atoms with E-state index in [1.165, 1.54) is 22.3 Å². The minimum Gasteiger partial charge on any atom is -0.379 e. The number of nitrogens with two attached hydrogens (primary N) is 1. The number of amides is 2. The van der Waals surface area contributed by atoms with Gasteiger partial charge >= 0.3 is 6.03 Å². The van der Waals surface area contributed by atoms with Crippen LogP contribution in [0.5, 0.6) is 0 Å². The lowest BCUT2D eigenvalue weighted by molar-refractivity contribution is 0.0341. The number of urea groups is 1. The minimum atomic E-state index is -3.35. The van der Waals surface area contributed by atoms with Crippen LogP contribution in [-0.2, 0) is 46.9 Å². The van der Waals surface area contributed by atoms with Gasteiger partial charge in [0.2, 0.25) is 0 Å². The highest BCUT2D eigenvalue weighted by molar-refractivity contribution is 7.91. The number of carbonyl (C=O) groups excluding carboxylic acids is 1. The highest BCUT2D eigenvalue weighted by atomic mass is 32.2. The van der Waals surface area contributed by atoms with Gasteiger partial charge in [0.15, 0.2) is 0 Å². The summed E-state index contributed by atoms with van der Waals surface area (Å²) < 4.78 is 22.5. The average molecular weight is 455 g/mol. The van der Waals surface area contributed by atoms with Crippen LogP contribution in [0.25, 0.3) is 0 Å². The van der Waals surface area contributed by atoms with Crippen LogP contribution in [0.1, 0.15) is 40.7 Å². The van der Waals surface area contributed by atoms with E-state index in [1.54, 1.807) is 12.1 Å². The van der Waals surface area contributed by atoms with E-state index < -0.39 is 15.9 Å². The van der Waals surface area contributed by atoms with Crippen molar-refractivity contribution < 1.29 is 13.7 Å². The third-order valence-electron chi connectivity index (χ3n) is 6.67. The van der Waals surface area contributed by atoms with E-state index in [2.05, 4.69) is 20.6 Å². The lowest BCUT2D eigenvalue weighted by Gasteiger charge is -2.26. The first kappa shape index (κ1) is 21.6. The molecule has 170 valence electrons. The fourth-order valence-electron chi connectivity index (χ4n) is 5.12. The van der Waals surface area contributed by atoms with Crippen LogP contribution in [0.3, 0.4) is 0 Å². The standard InChI is InChI=1S/C24H30N4O3S/c25-32(30,20-7-1-4-17(14-20)16-28-10-12-31-13-11-28)27-24(29)26-23-21-8-2-5-18(21)15-19-6-3-9-22(19)23/h1,4,7,14-15H,2-3,5-6,8-13,16H2,(H3,25,26,27,29,30). The van der Waals surface area contributed by atoms with Gasteiger partial charge in [-0.1, -0.05) is 18.2 Å². The van der Waals surface area contributed by atoms with Gasteiger partial charge in [0.05, 0.1) is 18.1 Å². The van der Waals surface area contributed by atoms with Gasteiger partial charge in [0.1, 0.15) is 9.92 Å². The molecule has 0 saturated carbocycles. The SMILES string of the molecule is NS(=O)(=NC(=O)Nc1c2c(cc3c1CCC3)CCC2)c1cccc(CN2CCOCC2)c1. The second kappa shape index (κ2) is 8.94. The smallest absolute Gasteiger partial charge is 0.354 e. The van der Waals surface area contributed by atoms with Crippen molar-refractivity contribution in [1.29, 1.82) is 0 Å². The number of ether oxygens (including phenoxy) is 1. The summed E-state index contributed by atoms with van der Waals surface area (Å²) in [6, 6.07) is 8.95. The molecule has 0 spiro atoms. The van der Waals surface area contributed by atoms with Crippen molar-refractivity contribution in [2.45, 2.75) is 50.0 Å². The largest absolute Gasteiger partial charge is 0.379 e. The Morgan fingerprint density at radius 2 is 1.75 bits per heavy atom. The molecule has 0 radical (unpaired) electrons. The van der Waals surface area contributed by atoms with Crippen molar-refractivity contribution in [3.05, 3.63) is 58.1 Å². The number of carbonyl (C=O) groups is 1. The molecule has 1 fully saturated rings. The molecule has 2 aliphatic carbocycles. The molecule has 1 aliphatic heterocycles. The van der Waals surface area contributed by atoms with Gasteiger partial charge in [-0.05, 0) is 78.5 Å². The number of fused-ring (bicyclic) bond motifs is 2. The molecule has 2 amide bonds. The highest BCUT2D eigenvalue weighted by Gasteiger charge is 2.25. The molecule has 1 heterocycles. The van der Waals surface area contributed by atoms with Crippen LogP contribution in [0, 0.1) is 0 Å². The molecule has 0 bridgehead atoms. The van der Waals surface area contributed by atoms with Gasteiger partial charge < -0.3 is 10.1 Å². The number of rotatable bonds is 4. The third-order valence-corrected chi connectivity index (χ3v) is 8.04.